The third kappa shape index (κ3) is 2.47. The Bertz CT molecular complexity index is 551. The van der Waals surface area contributed by atoms with Crippen LogP contribution in [0.4, 0.5) is 5.13 Å². The van der Waals surface area contributed by atoms with Gasteiger partial charge in [-0.05, 0) is 44.5 Å². The molecule has 2 aromatic rings. The highest BCUT2D eigenvalue weighted by molar-refractivity contribution is 7.15. The third-order valence-electron chi connectivity index (χ3n) is 2.67. The first-order chi connectivity index (χ1) is 8.65. The van der Waals surface area contributed by atoms with Crippen LogP contribution in [0.1, 0.15) is 17.4 Å². The Hall–Kier alpha value is -1.59. The van der Waals surface area contributed by atoms with Gasteiger partial charge < -0.3 is 4.74 Å². The molecule has 3 N–H and O–H groups in total. The minimum absolute atomic E-state index is 0.678. The van der Waals surface area contributed by atoms with Crippen LogP contribution in [-0.4, -0.2) is 11.6 Å². The molecule has 1 aromatic heterocycles. The van der Waals surface area contributed by atoms with Crippen molar-refractivity contribution in [3.8, 4) is 17.0 Å². The fraction of sp³-hybridized carbons (Fsp3) is 0.308. The summed E-state index contributed by atoms with van der Waals surface area (Å²) in [4.78, 5) is 5.60. The van der Waals surface area contributed by atoms with Gasteiger partial charge in [-0.15, -0.1) is 11.3 Å². The predicted molar refractivity (Wildman–Crippen MR) is 76.0 cm³/mol. The molecular formula is C13H17N3OS. The van der Waals surface area contributed by atoms with Gasteiger partial charge in [0.2, 0.25) is 0 Å². The van der Waals surface area contributed by atoms with E-state index in [0.29, 0.717) is 6.61 Å². The van der Waals surface area contributed by atoms with Crippen molar-refractivity contribution in [1.82, 2.24) is 4.98 Å². The number of aryl methyl sites for hydroxylation is 2. The molecule has 0 aliphatic heterocycles. The maximum atomic E-state index is 5.53. The predicted octanol–water partition coefficient (Wildman–Crippen LogP) is 3.11. The summed E-state index contributed by atoms with van der Waals surface area (Å²) in [7, 11) is 0. The van der Waals surface area contributed by atoms with Crippen LogP contribution in [0.5, 0.6) is 5.75 Å². The molecule has 1 aromatic carbocycles. The standard InChI is InChI=1S/C13H17N3OS/c1-4-17-11-6-5-10(7-8(11)2)12-9(3)18-13(15-12)16-14/h5-7H,4,14H2,1-3H3,(H,15,16). The number of anilines is 1. The van der Waals surface area contributed by atoms with Crippen molar-refractivity contribution in [2.24, 2.45) is 5.84 Å². The summed E-state index contributed by atoms with van der Waals surface area (Å²) < 4.78 is 5.53. The zero-order chi connectivity index (χ0) is 13.1. The Balaban J connectivity index is 2.38. The topological polar surface area (TPSA) is 60.2 Å². The number of benzene rings is 1. The van der Waals surface area contributed by atoms with Crippen LogP contribution in [0.2, 0.25) is 0 Å². The molecule has 0 saturated carbocycles. The van der Waals surface area contributed by atoms with Gasteiger partial charge in [0, 0.05) is 10.4 Å². The molecule has 5 heteroatoms. The first-order valence-electron chi connectivity index (χ1n) is 5.83. The monoisotopic (exact) mass is 263 g/mol. The summed E-state index contributed by atoms with van der Waals surface area (Å²) >= 11 is 1.55. The van der Waals surface area contributed by atoms with Crippen molar-refractivity contribution in [2.75, 3.05) is 12.0 Å². The van der Waals surface area contributed by atoms with Crippen LogP contribution < -0.4 is 16.0 Å². The fourth-order valence-corrected chi connectivity index (χ4v) is 2.59. The molecule has 0 atom stereocenters. The van der Waals surface area contributed by atoms with Crippen molar-refractivity contribution in [2.45, 2.75) is 20.8 Å². The van der Waals surface area contributed by atoms with E-state index in [-0.39, 0.29) is 0 Å². The van der Waals surface area contributed by atoms with Crippen molar-refractivity contribution in [3.05, 3.63) is 28.6 Å². The lowest BCUT2D eigenvalue weighted by Gasteiger charge is -2.08. The molecule has 0 bridgehead atoms. The van der Waals surface area contributed by atoms with E-state index in [2.05, 4.69) is 16.5 Å². The minimum atomic E-state index is 0.678. The summed E-state index contributed by atoms with van der Waals surface area (Å²) in [6.45, 7) is 6.74. The fourth-order valence-electron chi connectivity index (χ4n) is 1.84. The van der Waals surface area contributed by atoms with E-state index in [0.717, 1.165) is 32.6 Å². The molecular weight excluding hydrogens is 246 g/mol. The van der Waals surface area contributed by atoms with Crippen molar-refractivity contribution >= 4 is 16.5 Å². The molecule has 18 heavy (non-hydrogen) atoms. The van der Waals surface area contributed by atoms with Crippen LogP contribution >= 0.6 is 11.3 Å². The van der Waals surface area contributed by atoms with Gasteiger partial charge in [0.15, 0.2) is 5.13 Å². The van der Waals surface area contributed by atoms with Gasteiger partial charge in [-0.1, -0.05) is 0 Å². The molecule has 0 aliphatic carbocycles. The lowest BCUT2D eigenvalue weighted by Crippen LogP contribution is -2.05. The lowest BCUT2D eigenvalue weighted by molar-refractivity contribution is 0.338. The van der Waals surface area contributed by atoms with E-state index >= 15 is 0 Å². The zero-order valence-corrected chi connectivity index (χ0v) is 11.6. The lowest BCUT2D eigenvalue weighted by atomic mass is 10.1. The average molecular weight is 263 g/mol. The Kier molecular flexibility index (Phi) is 3.84. The number of rotatable bonds is 4. The van der Waals surface area contributed by atoms with E-state index in [1.165, 1.54) is 0 Å². The third-order valence-corrected chi connectivity index (χ3v) is 3.57. The molecule has 0 saturated heterocycles. The minimum Gasteiger partial charge on any atom is -0.494 e. The number of hydrogen-bond donors (Lipinski definition) is 2. The Morgan fingerprint density at radius 1 is 1.39 bits per heavy atom. The second-order valence-electron chi connectivity index (χ2n) is 3.98. The Morgan fingerprint density at radius 3 is 2.72 bits per heavy atom. The van der Waals surface area contributed by atoms with E-state index < -0.39 is 0 Å². The number of ether oxygens (including phenoxy) is 1. The van der Waals surface area contributed by atoms with E-state index in [4.69, 9.17) is 10.6 Å². The SMILES string of the molecule is CCOc1ccc(-c2nc(NN)sc2C)cc1C. The highest BCUT2D eigenvalue weighted by atomic mass is 32.1. The molecule has 0 aliphatic rings. The zero-order valence-electron chi connectivity index (χ0n) is 10.8. The maximum Gasteiger partial charge on any atom is 0.197 e. The van der Waals surface area contributed by atoms with Crippen molar-refractivity contribution < 1.29 is 4.74 Å². The van der Waals surface area contributed by atoms with Crippen LogP contribution in [0.15, 0.2) is 18.2 Å². The molecule has 0 amide bonds. The first kappa shape index (κ1) is 12.9. The molecule has 2 rings (SSSR count). The smallest absolute Gasteiger partial charge is 0.197 e. The van der Waals surface area contributed by atoms with E-state index in [1.54, 1.807) is 11.3 Å². The first-order valence-corrected chi connectivity index (χ1v) is 6.65. The number of aromatic nitrogens is 1. The number of nitrogens with zero attached hydrogens (tertiary/aromatic N) is 1. The number of hydrazine groups is 1. The van der Waals surface area contributed by atoms with Crippen LogP contribution in [0, 0.1) is 13.8 Å². The second-order valence-corrected chi connectivity index (χ2v) is 5.18. The average Bonchev–Trinajstić information content (AvgIpc) is 2.73. The Labute approximate surface area is 111 Å². The molecule has 1 heterocycles. The van der Waals surface area contributed by atoms with Gasteiger partial charge >= 0.3 is 0 Å². The molecule has 0 radical (unpaired) electrons. The highest BCUT2D eigenvalue weighted by Crippen LogP contribution is 2.32. The van der Waals surface area contributed by atoms with Crippen molar-refractivity contribution in [3.63, 3.8) is 0 Å². The molecule has 0 fully saturated rings. The number of hydrogen-bond acceptors (Lipinski definition) is 5. The number of nitrogens with two attached hydrogens (primary N) is 1. The van der Waals surface area contributed by atoms with Gasteiger partial charge in [-0.2, -0.15) is 0 Å². The van der Waals surface area contributed by atoms with Crippen LogP contribution in [0.25, 0.3) is 11.3 Å². The van der Waals surface area contributed by atoms with Gasteiger partial charge in [-0.3, -0.25) is 5.43 Å². The van der Waals surface area contributed by atoms with Gasteiger partial charge in [0.1, 0.15) is 5.75 Å². The maximum absolute atomic E-state index is 5.53. The van der Waals surface area contributed by atoms with Gasteiger partial charge in [-0.25, -0.2) is 10.8 Å². The van der Waals surface area contributed by atoms with E-state index in [1.807, 2.05) is 32.9 Å². The van der Waals surface area contributed by atoms with Crippen LogP contribution in [-0.2, 0) is 0 Å². The molecule has 96 valence electrons. The van der Waals surface area contributed by atoms with Gasteiger partial charge in [0.05, 0.1) is 12.3 Å². The summed E-state index contributed by atoms with van der Waals surface area (Å²) in [5, 5.41) is 0.731. The number of nitrogen functional groups attached to an aromatic ring is 1. The normalized spacial score (nSPS) is 10.4. The van der Waals surface area contributed by atoms with Gasteiger partial charge in [0.25, 0.3) is 0 Å². The second kappa shape index (κ2) is 5.37. The highest BCUT2D eigenvalue weighted by Gasteiger charge is 2.10. The summed E-state index contributed by atoms with van der Waals surface area (Å²) in [6.07, 6.45) is 0. The quantitative estimate of drug-likeness (QED) is 0.657. The summed E-state index contributed by atoms with van der Waals surface area (Å²) in [5.41, 5.74) is 5.76. The Morgan fingerprint density at radius 2 is 2.17 bits per heavy atom. The molecule has 4 nitrogen and oxygen atoms in total. The summed E-state index contributed by atoms with van der Waals surface area (Å²) in [5.74, 6) is 6.30. The number of nitrogens with one attached hydrogen (secondary N) is 1. The molecule has 0 unspecified atom stereocenters. The summed E-state index contributed by atoms with van der Waals surface area (Å²) in [6, 6.07) is 6.11. The van der Waals surface area contributed by atoms with Crippen LogP contribution in [0.3, 0.4) is 0 Å². The number of thiazole rings is 1. The van der Waals surface area contributed by atoms with Crippen molar-refractivity contribution in [1.29, 1.82) is 0 Å². The largest absolute Gasteiger partial charge is 0.494 e. The molecule has 0 spiro atoms. The van der Waals surface area contributed by atoms with E-state index in [9.17, 15) is 0 Å².